The lowest BCUT2D eigenvalue weighted by Crippen LogP contribution is -2.50. The quantitative estimate of drug-likeness (QED) is 0.886. The van der Waals surface area contributed by atoms with Gasteiger partial charge in [0, 0.05) is 24.7 Å². The standard InChI is InChI=1S/C16H18F3N3O2/c17-16(18,19)12-2-1-3-13-11(12)4-5-22(13)15(24)21-10-6-9(7-10)8-14(20)23/h1-3,9-10H,4-8H2,(H2,20,23)(H,21,24). The number of nitrogens with zero attached hydrogens (tertiary/aromatic N) is 1. The summed E-state index contributed by atoms with van der Waals surface area (Å²) in [5.74, 6) is -0.187. The molecule has 0 atom stereocenters. The van der Waals surface area contributed by atoms with Gasteiger partial charge in [-0.2, -0.15) is 13.2 Å². The molecule has 0 unspecified atom stereocenters. The number of amides is 3. The molecule has 0 saturated heterocycles. The Labute approximate surface area is 137 Å². The third-order valence-electron chi connectivity index (χ3n) is 4.63. The summed E-state index contributed by atoms with van der Waals surface area (Å²) in [6, 6.07) is 3.45. The van der Waals surface area contributed by atoms with E-state index < -0.39 is 17.8 Å². The van der Waals surface area contributed by atoms with Crippen LogP contribution in [-0.2, 0) is 17.4 Å². The van der Waals surface area contributed by atoms with Crippen LogP contribution in [0, 0.1) is 5.92 Å². The first-order valence-corrected chi connectivity index (χ1v) is 7.81. The van der Waals surface area contributed by atoms with Crippen molar-refractivity contribution in [2.75, 3.05) is 11.4 Å². The fraction of sp³-hybridized carbons (Fsp3) is 0.500. The van der Waals surface area contributed by atoms with Gasteiger partial charge in [0.25, 0.3) is 0 Å². The number of carbonyl (C=O) groups is 2. The first kappa shape index (κ1) is 16.6. The highest BCUT2D eigenvalue weighted by Gasteiger charge is 2.39. The highest BCUT2D eigenvalue weighted by Crippen LogP contribution is 2.39. The van der Waals surface area contributed by atoms with Gasteiger partial charge in [0.15, 0.2) is 0 Å². The topological polar surface area (TPSA) is 75.4 Å². The van der Waals surface area contributed by atoms with Gasteiger partial charge in [-0.15, -0.1) is 0 Å². The number of hydrogen-bond acceptors (Lipinski definition) is 2. The number of anilines is 1. The van der Waals surface area contributed by atoms with Crippen LogP contribution in [0.15, 0.2) is 18.2 Å². The number of benzene rings is 1. The van der Waals surface area contributed by atoms with Crippen molar-refractivity contribution in [3.63, 3.8) is 0 Å². The Bertz CT molecular complexity index is 669. The molecule has 8 heteroatoms. The van der Waals surface area contributed by atoms with Crippen molar-refractivity contribution in [3.8, 4) is 0 Å². The van der Waals surface area contributed by atoms with Crippen LogP contribution in [0.3, 0.4) is 0 Å². The van der Waals surface area contributed by atoms with E-state index in [2.05, 4.69) is 5.32 Å². The van der Waals surface area contributed by atoms with Crippen molar-refractivity contribution in [1.82, 2.24) is 5.32 Å². The van der Waals surface area contributed by atoms with Crippen LogP contribution in [0.4, 0.5) is 23.7 Å². The Balaban J connectivity index is 1.65. The van der Waals surface area contributed by atoms with Crippen LogP contribution < -0.4 is 16.0 Å². The lowest BCUT2D eigenvalue weighted by Gasteiger charge is -2.36. The number of nitrogens with one attached hydrogen (secondary N) is 1. The SMILES string of the molecule is NC(=O)CC1CC(NC(=O)N2CCc3c2cccc3C(F)(F)F)C1. The minimum absolute atomic E-state index is 0.0586. The second-order valence-corrected chi connectivity index (χ2v) is 6.36. The van der Waals surface area contributed by atoms with Crippen molar-refractivity contribution in [2.24, 2.45) is 11.7 Å². The second kappa shape index (κ2) is 5.99. The smallest absolute Gasteiger partial charge is 0.370 e. The molecule has 1 heterocycles. The molecule has 1 aromatic carbocycles. The monoisotopic (exact) mass is 341 g/mol. The summed E-state index contributed by atoms with van der Waals surface area (Å²) in [5.41, 5.74) is 4.93. The molecule has 1 aliphatic carbocycles. The molecule has 1 saturated carbocycles. The summed E-state index contributed by atoms with van der Waals surface area (Å²) in [6.45, 7) is 0.228. The number of carbonyl (C=O) groups excluding carboxylic acids is 2. The van der Waals surface area contributed by atoms with Gasteiger partial charge >= 0.3 is 12.2 Å². The van der Waals surface area contributed by atoms with E-state index in [1.807, 2.05) is 0 Å². The molecule has 0 radical (unpaired) electrons. The van der Waals surface area contributed by atoms with Crippen molar-refractivity contribution < 1.29 is 22.8 Å². The normalized spacial score (nSPS) is 22.7. The fourth-order valence-electron chi connectivity index (χ4n) is 3.47. The number of fused-ring (bicyclic) bond motifs is 1. The maximum absolute atomic E-state index is 13.0. The number of primary amides is 1. The largest absolute Gasteiger partial charge is 0.416 e. The second-order valence-electron chi connectivity index (χ2n) is 6.36. The molecule has 24 heavy (non-hydrogen) atoms. The molecule has 0 aromatic heterocycles. The predicted octanol–water partition coefficient (Wildman–Crippen LogP) is 2.43. The van der Waals surface area contributed by atoms with Gasteiger partial charge < -0.3 is 11.1 Å². The molecule has 0 bridgehead atoms. The number of rotatable bonds is 3. The number of urea groups is 1. The maximum Gasteiger partial charge on any atom is 0.416 e. The Morgan fingerprint density at radius 2 is 2.00 bits per heavy atom. The van der Waals surface area contributed by atoms with E-state index in [4.69, 9.17) is 5.73 Å². The van der Waals surface area contributed by atoms with E-state index in [0.717, 1.165) is 6.07 Å². The van der Waals surface area contributed by atoms with Gasteiger partial charge in [0.05, 0.1) is 5.56 Å². The van der Waals surface area contributed by atoms with Crippen LogP contribution in [0.5, 0.6) is 0 Å². The summed E-state index contributed by atoms with van der Waals surface area (Å²) in [5, 5.41) is 2.81. The molecule has 0 spiro atoms. The summed E-state index contributed by atoms with van der Waals surface area (Å²) in [7, 11) is 0. The van der Waals surface area contributed by atoms with E-state index in [1.54, 1.807) is 0 Å². The lowest BCUT2D eigenvalue weighted by atomic mass is 9.78. The van der Waals surface area contributed by atoms with Gasteiger partial charge in [-0.05, 0) is 42.9 Å². The third-order valence-corrected chi connectivity index (χ3v) is 4.63. The summed E-state index contributed by atoms with van der Waals surface area (Å²) in [6.07, 6.45) is -2.61. The minimum atomic E-state index is -4.42. The van der Waals surface area contributed by atoms with Gasteiger partial charge in [-0.3, -0.25) is 9.69 Å². The van der Waals surface area contributed by atoms with Crippen molar-refractivity contribution in [1.29, 1.82) is 0 Å². The Morgan fingerprint density at radius 1 is 1.29 bits per heavy atom. The number of halogens is 3. The summed E-state index contributed by atoms with van der Waals surface area (Å²) < 4.78 is 39.1. The summed E-state index contributed by atoms with van der Waals surface area (Å²) in [4.78, 5) is 24.5. The molecule has 3 amide bonds. The van der Waals surface area contributed by atoms with Gasteiger partial charge in [0.1, 0.15) is 0 Å². The molecule has 5 nitrogen and oxygen atoms in total. The zero-order valence-electron chi connectivity index (χ0n) is 12.9. The van der Waals surface area contributed by atoms with Crippen molar-refractivity contribution in [2.45, 2.75) is 37.9 Å². The molecular weight excluding hydrogens is 323 g/mol. The molecule has 1 fully saturated rings. The molecule has 1 aromatic rings. The highest BCUT2D eigenvalue weighted by atomic mass is 19.4. The van der Waals surface area contributed by atoms with E-state index >= 15 is 0 Å². The van der Waals surface area contributed by atoms with E-state index in [9.17, 15) is 22.8 Å². The van der Waals surface area contributed by atoms with Crippen molar-refractivity contribution in [3.05, 3.63) is 29.3 Å². The lowest BCUT2D eigenvalue weighted by molar-refractivity contribution is -0.138. The van der Waals surface area contributed by atoms with Crippen molar-refractivity contribution >= 4 is 17.6 Å². The number of alkyl halides is 3. The predicted molar refractivity (Wildman–Crippen MR) is 81.3 cm³/mol. The molecular formula is C16H18F3N3O2. The summed E-state index contributed by atoms with van der Waals surface area (Å²) >= 11 is 0. The van der Waals surface area contributed by atoms with Crippen LogP contribution in [0.1, 0.15) is 30.4 Å². The molecule has 2 aliphatic rings. The van der Waals surface area contributed by atoms with Gasteiger partial charge in [-0.25, -0.2) is 4.79 Å². The van der Waals surface area contributed by atoms with Crippen LogP contribution in [-0.4, -0.2) is 24.5 Å². The zero-order valence-corrected chi connectivity index (χ0v) is 12.9. The van der Waals surface area contributed by atoms with Crippen LogP contribution >= 0.6 is 0 Å². The van der Waals surface area contributed by atoms with E-state index in [0.29, 0.717) is 24.9 Å². The Morgan fingerprint density at radius 3 is 2.62 bits per heavy atom. The zero-order chi connectivity index (χ0) is 17.5. The third kappa shape index (κ3) is 3.18. The van der Waals surface area contributed by atoms with E-state index in [1.165, 1.54) is 17.0 Å². The molecule has 130 valence electrons. The average molecular weight is 341 g/mol. The average Bonchev–Trinajstić information content (AvgIpc) is 2.87. The molecule has 1 aliphatic heterocycles. The fourth-order valence-corrected chi connectivity index (χ4v) is 3.47. The maximum atomic E-state index is 13.0. The first-order valence-electron chi connectivity index (χ1n) is 7.81. The van der Waals surface area contributed by atoms with Gasteiger partial charge in [-0.1, -0.05) is 6.07 Å². The Hall–Kier alpha value is -2.25. The first-order chi connectivity index (χ1) is 11.3. The van der Waals surface area contributed by atoms with E-state index in [-0.39, 0.29) is 36.4 Å². The Kier molecular flexibility index (Phi) is 4.15. The van der Waals surface area contributed by atoms with Crippen LogP contribution in [0.25, 0.3) is 0 Å². The van der Waals surface area contributed by atoms with Crippen LogP contribution in [0.2, 0.25) is 0 Å². The molecule has 3 N–H and O–H groups in total. The minimum Gasteiger partial charge on any atom is -0.370 e. The molecule has 3 rings (SSSR count). The number of nitrogens with two attached hydrogens (primary N) is 1. The highest BCUT2D eigenvalue weighted by molar-refractivity contribution is 5.94. The van der Waals surface area contributed by atoms with Gasteiger partial charge in [0.2, 0.25) is 5.91 Å². The number of hydrogen-bond donors (Lipinski definition) is 2.